The molecule has 0 spiro atoms. The van der Waals surface area contributed by atoms with E-state index >= 15 is 0 Å². The minimum Gasteiger partial charge on any atom is -0.317 e. The van der Waals surface area contributed by atoms with E-state index in [2.05, 4.69) is 31.3 Å². The molecule has 0 fully saturated rings. The number of benzene rings is 1. The maximum absolute atomic E-state index is 3.11. The van der Waals surface area contributed by atoms with Gasteiger partial charge in [0.1, 0.15) is 0 Å². The zero-order valence-electron chi connectivity index (χ0n) is 8.01. The Bertz CT molecular complexity index is 172. The molecule has 1 aromatic carbocycles. The molecule has 0 atom stereocenters. The molecule has 1 aromatic rings. The molecule has 0 saturated carbocycles. The van der Waals surface area contributed by atoms with E-state index in [4.69, 9.17) is 0 Å². The summed E-state index contributed by atoms with van der Waals surface area (Å²) in [5.74, 6) is 0. The van der Waals surface area contributed by atoms with Crippen molar-refractivity contribution < 1.29 is 0 Å². The molecule has 67 valence electrons. The zero-order valence-corrected chi connectivity index (χ0v) is 9.42. The van der Waals surface area contributed by atoms with Crippen molar-refractivity contribution in [1.29, 1.82) is 0 Å². The predicted molar refractivity (Wildman–Crippen MR) is 58.8 cm³/mol. The maximum atomic E-state index is 3.11. The third-order valence-electron chi connectivity index (χ3n) is 1.34. The average molecular weight is 180 g/mol. The van der Waals surface area contributed by atoms with Gasteiger partial charge in [-0.05, 0) is 13.1 Å². The van der Waals surface area contributed by atoms with Gasteiger partial charge in [0.15, 0.2) is 0 Å². The van der Waals surface area contributed by atoms with Crippen molar-refractivity contribution in [3.8, 4) is 0 Å². The Kier molecular flexibility index (Phi) is 8.07. The molecular weight excluding hydrogens is 162 g/mol. The highest BCUT2D eigenvalue weighted by molar-refractivity contribution is 6.32. The molecule has 12 heavy (non-hydrogen) atoms. The van der Waals surface area contributed by atoms with Gasteiger partial charge in [0.2, 0.25) is 0 Å². The number of hydrogen-bond acceptors (Lipinski definition) is 1. The van der Waals surface area contributed by atoms with Crippen LogP contribution in [0, 0.1) is 0 Å². The van der Waals surface area contributed by atoms with Crippen molar-refractivity contribution >= 4 is 15.4 Å². The van der Waals surface area contributed by atoms with E-state index in [1.807, 2.05) is 28.4 Å². The first-order chi connectivity index (χ1) is 5.81. The van der Waals surface area contributed by atoms with E-state index in [9.17, 15) is 0 Å². The van der Waals surface area contributed by atoms with E-state index in [1.54, 1.807) is 0 Å². The van der Waals surface area contributed by atoms with E-state index in [-0.39, 0.29) is 0 Å². The van der Waals surface area contributed by atoms with Crippen molar-refractivity contribution in [3.63, 3.8) is 0 Å². The molecule has 1 nitrogen and oxygen atoms in total. The Labute approximate surface area is 78.6 Å². The molecule has 2 heteroatoms. The van der Waals surface area contributed by atoms with Crippen LogP contribution in [-0.2, 0) is 0 Å². The lowest BCUT2D eigenvalue weighted by atomic mass is 10.4. The minimum atomic E-state index is 1.09. The highest BCUT2D eigenvalue weighted by Gasteiger charge is 1.72. The molecule has 0 heterocycles. The first kappa shape index (κ1) is 11.4. The van der Waals surface area contributed by atoms with Gasteiger partial charge < -0.3 is 5.32 Å². The summed E-state index contributed by atoms with van der Waals surface area (Å²) in [4.78, 5) is 0. The van der Waals surface area contributed by atoms with Gasteiger partial charge in [-0.15, -0.1) is 0 Å². The normalized spacial score (nSPS) is 8.58. The molecule has 0 aliphatic rings. The molecule has 0 bridgehead atoms. The van der Waals surface area contributed by atoms with Gasteiger partial charge in [0.25, 0.3) is 0 Å². The van der Waals surface area contributed by atoms with E-state index < -0.39 is 0 Å². The van der Waals surface area contributed by atoms with Crippen LogP contribution >= 0.6 is 0 Å². The second-order valence-corrected chi connectivity index (χ2v) is 3.26. The second-order valence-electron chi connectivity index (χ2n) is 2.44. The van der Waals surface area contributed by atoms with Crippen molar-refractivity contribution in [1.82, 2.24) is 5.32 Å². The summed E-state index contributed by atoms with van der Waals surface area (Å²) in [5.41, 5.74) is 0. The van der Waals surface area contributed by atoms with Gasteiger partial charge in [-0.1, -0.05) is 49.4 Å². The highest BCUT2D eigenvalue weighted by Crippen LogP contribution is 1.76. The van der Waals surface area contributed by atoms with Gasteiger partial charge in [-0.25, -0.2) is 0 Å². The molecule has 0 saturated heterocycles. The topological polar surface area (TPSA) is 12.0 Å². The van der Waals surface area contributed by atoms with Crippen LogP contribution in [0.25, 0.3) is 0 Å². The molecule has 1 N–H and O–H groups in total. The van der Waals surface area contributed by atoms with Crippen LogP contribution < -0.4 is 10.5 Å². The third kappa shape index (κ3) is 7.50. The van der Waals surface area contributed by atoms with Gasteiger partial charge in [0, 0.05) is 10.2 Å². The largest absolute Gasteiger partial charge is 0.317 e. The van der Waals surface area contributed by atoms with Gasteiger partial charge in [-0.2, -0.15) is 0 Å². The van der Waals surface area contributed by atoms with Gasteiger partial charge >= 0.3 is 0 Å². The zero-order chi connectivity index (χ0) is 9.23. The lowest BCUT2D eigenvalue weighted by Gasteiger charge is -1.86. The molecule has 1 radical (unpaired) electrons. The summed E-state index contributed by atoms with van der Waals surface area (Å²) in [6, 6.07) is 10.3. The van der Waals surface area contributed by atoms with Crippen LogP contribution in [0.3, 0.4) is 0 Å². The summed E-state index contributed by atoms with van der Waals surface area (Å²) < 4.78 is 0. The van der Waals surface area contributed by atoms with Crippen molar-refractivity contribution in [3.05, 3.63) is 30.3 Å². The van der Waals surface area contributed by atoms with Crippen LogP contribution in [0.2, 0.25) is 0 Å². The molecule has 0 amide bonds. The summed E-state index contributed by atoms with van der Waals surface area (Å²) >= 11 is 0. The Morgan fingerprint density at radius 2 is 1.58 bits per heavy atom. The number of rotatable bonds is 2. The Morgan fingerprint density at radius 1 is 1.08 bits per heavy atom. The highest BCUT2D eigenvalue weighted by atomic mass is 28.1. The Hall–Kier alpha value is -0.603. The van der Waals surface area contributed by atoms with Crippen LogP contribution in [0.4, 0.5) is 0 Å². The average Bonchev–Trinajstić information content (AvgIpc) is 2.08. The van der Waals surface area contributed by atoms with Crippen LogP contribution in [0.15, 0.2) is 30.3 Å². The third-order valence-corrected chi connectivity index (χ3v) is 1.81. The van der Waals surface area contributed by atoms with Crippen LogP contribution in [0.5, 0.6) is 0 Å². The predicted octanol–water partition coefficient (Wildman–Crippen LogP) is 0.561. The monoisotopic (exact) mass is 180 g/mol. The standard InChI is InChI=1S/C6H7Si.C4H11N/c7-6-4-2-1-3-5-6;1-3-5-4-2/h1-5H,7H2;5H,3-4H2,1-2H3. The van der Waals surface area contributed by atoms with Gasteiger partial charge in [-0.3, -0.25) is 0 Å². The van der Waals surface area contributed by atoms with Crippen molar-refractivity contribution in [2.24, 2.45) is 0 Å². The molecule has 0 aliphatic carbocycles. The number of nitrogens with one attached hydrogen (secondary N) is 1. The van der Waals surface area contributed by atoms with Crippen molar-refractivity contribution in [2.75, 3.05) is 13.1 Å². The fraction of sp³-hybridized carbons (Fsp3) is 0.400. The summed E-state index contributed by atoms with van der Waals surface area (Å²) in [6.07, 6.45) is 0. The summed E-state index contributed by atoms with van der Waals surface area (Å²) in [6.45, 7) is 6.39. The first-order valence-electron chi connectivity index (χ1n) is 4.39. The van der Waals surface area contributed by atoms with Crippen molar-refractivity contribution in [2.45, 2.75) is 13.8 Å². The van der Waals surface area contributed by atoms with E-state index in [0.717, 1.165) is 13.1 Å². The lowest BCUT2D eigenvalue weighted by molar-refractivity contribution is 0.762. The molecular formula is C10H18NSi. The molecule has 1 rings (SSSR count). The minimum absolute atomic E-state index is 1.09. The molecule has 0 aromatic heterocycles. The van der Waals surface area contributed by atoms with E-state index in [1.165, 1.54) is 5.19 Å². The molecule has 0 unspecified atom stereocenters. The Balaban J connectivity index is 0.000000217. The van der Waals surface area contributed by atoms with Crippen LogP contribution in [0.1, 0.15) is 13.8 Å². The molecule has 0 aliphatic heterocycles. The number of hydrogen-bond donors (Lipinski definition) is 1. The first-order valence-corrected chi connectivity index (χ1v) is 5.09. The lowest BCUT2D eigenvalue weighted by Crippen LogP contribution is -2.09. The smallest absolute Gasteiger partial charge is 0.0477 e. The summed E-state index contributed by atoms with van der Waals surface area (Å²) in [7, 11) is 1.90. The fourth-order valence-electron chi connectivity index (χ4n) is 0.728. The maximum Gasteiger partial charge on any atom is 0.0477 e. The summed E-state index contributed by atoms with van der Waals surface area (Å²) in [5, 5.41) is 4.46. The van der Waals surface area contributed by atoms with Gasteiger partial charge in [0.05, 0.1) is 0 Å². The van der Waals surface area contributed by atoms with Crippen LogP contribution in [-0.4, -0.2) is 23.3 Å². The second kappa shape index (κ2) is 8.49. The fourth-order valence-corrected chi connectivity index (χ4v) is 1.00. The quantitative estimate of drug-likeness (QED) is 0.656. The SMILES string of the molecule is CCNCC.[SiH2]c1ccccc1. The Morgan fingerprint density at radius 3 is 1.75 bits per heavy atom. The van der Waals surface area contributed by atoms with E-state index in [0.29, 0.717) is 0 Å².